The van der Waals surface area contributed by atoms with Gasteiger partial charge in [-0.3, -0.25) is 4.98 Å². The largest absolute Gasteiger partial charge is 0.343 e. The van der Waals surface area contributed by atoms with Crippen LogP contribution in [0, 0.1) is 0 Å². The summed E-state index contributed by atoms with van der Waals surface area (Å²) < 4.78 is 3.42. The Bertz CT molecular complexity index is 940. The summed E-state index contributed by atoms with van der Waals surface area (Å²) in [5.74, 6) is 0. The molecule has 0 radical (unpaired) electrons. The molecule has 0 saturated carbocycles. The van der Waals surface area contributed by atoms with Gasteiger partial charge in [-0.05, 0) is 42.0 Å². The van der Waals surface area contributed by atoms with Gasteiger partial charge in [-0.2, -0.15) is 0 Å². The Hall–Kier alpha value is -2.13. The van der Waals surface area contributed by atoms with E-state index in [1.807, 2.05) is 12.3 Å². The van der Waals surface area contributed by atoms with Crippen LogP contribution in [-0.2, 0) is 6.54 Å². The molecule has 0 fully saturated rings. The lowest BCUT2D eigenvalue weighted by Crippen LogP contribution is -1.97. The molecule has 0 aliphatic carbocycles. The summed E-state index contributed by atoms with van der Waals surface area (Å²) in [5, 5.41) is 2.44. The van der Waals surface area contributed by atoms with Crippen molar-refractivity contribution in [1.29, 1.82) is 0 Å². The third-order valence-electron chi connectivity index (χ3n) is 3.78. The summed E-state index contributed by atoms with van der Waals surface area (Å²) in [6.45, 7) is 0.866. The minimum atomic E-state index is 0.866. The van der Waals surface area contributed by atoms with Crippen LogP contribution in [-0.4, -0.2) is 9.55 Å². The lowest BCUT2D eigenvalue weighted by molar-refractivity contribution is 0.838. The summed E-state index contributed by atoms with van der Waals surface area (Å²) in [4.78, 5) is 4.37. The van der Waals surface area contributed by atoms with Crippen LogP contribution in [0.15, 0.2) is 71.5 Å². The standard InChI is InChI=1S/C18H13BrN2/c19-16-4-1-5-18-15(16)8-10-21(18)12-13-6-7-17-14(11-13)3-2-9-20-17/h1-11H,12H2. The topological polar surface area (TPSA) is 17.8 Å². The normalized spacial score (nSPS) is 11.3. The van der Waals surface area contributed by atoms with Crippen molar-refractivity contribution in [2.75, 3.05) is 0 Å². The zero-order chi connectivity index (χ0) is 14.2. The zero-order valence-electron chi connectivity index (χ0n) is 11.3. The summed E-state index contributed by atoms with van der Waals surface area (Å²) >= 11 is 3.61. The molecule has 0 saturated heterocycles. The molecule has 0 aliphatic heterocycles. The lowest BCUT2D eigenvalue weighted by atomic mass is 10.1. The van der Waals surface area contributed by atoms with Crippen molar-refractivity contribution in [3.05, 3.63) is 77.0 Å². The quantitative estimate of drug-likeness (QED) is 0.503. The van der Waals surface area contributed by atoms with E-state index in [1.165, 1.54) is 21.9 Å². The predicted molar refractivity (Wildman–Crippen MR) is 90.5 cm³/mol. The molecule has 0 unspecified atom stereocenters. The first kappa shape index (κ1) is 12.6. The van der Waals surface area contributed by atoms with E-state index in [0.29, 0.717) is 0 Å². The zero-order valence-corrected chi connectivity index (χ0v) is 12.9. The number of hydrogen-bond donors (Lipinski definition) is 0. The first-order chi connectivity index (χ1) is 10.3. The third kappa shape index (κ3) is 2.24. The van der Waals surface area contributed by atoms with Crippen molar-refractivity contribution in [1.82, 2.24) is 9.55 Å². The summed E-state index contributed by atoms with van der Waals surface area (Å²) in [5.41, 5.74) is 3.57. The number of nitrogens with zero attached hydrogens (tertiary/aromatic N) is 2. The van der Waals surface area contributed by atoms with Gasteiger partial charge in [0.25, 0.3) is 0 Å². The van der Waals surface area contributed by atoms with E-state index in [0.717, 1.165) is 16.5 Å². The second kappa shape index (κ2) is 5.01. The number of benzene rings is 2. The van der Waals surface area contributed by atoms with Gasteiger partial charge in [0, 0.05) is 39.7 Å². The predicted octanol–water partition coefficient (Wildman–Crippen LogP) is 5.00. The fraction of sp³-hybridized carbons (Fsp3) is 0.0556. The summed E-state index contributed by atoms with van der Waals surface area (Å²) in [7, 11) is 0. The maximum Gasteiger partial charge on any atom is 0.0702 e. The summed E-state index contributed by atoms with van der Waals surface area (Å²) in [6.07, 6.45) is 3.97. The highest BCUT2D eigenvalue weighted by Crippen LogP contribution is 2.25. The number of pyridine rings is 1. The molecule has 0 N–H and O–H groups in total. The second-order valence-electron chi connectivity index (χ2n) is 5.15. The molecule has 4 aromatic rings. The maximum absolute atomic E-state index is 4.37. The van der Waals surface area contributed by atoms with E-state index in [1.54, 1.807) is 0 Å². The Morgan fingerprint density at radius 1 is 1.00 bits per heavy atom. The molecule has 0 spiro atoms. The van der Waals surface area contributed by atoms with E-state index in [-0.39, 0.29) is 0 Å². The lowest BCUT2D eigenvalue weighted by Gasteiger charge is -2.07. The highest BCUT2D eigenvalue weighted by atomic mass is 79.9. The molecule has 0 amide bonds. The van der Waals surface area contributed by atoms with Crippen LogP contribution in [0.4, 0.5) is 0 Å². The third-order valence-corrected chi connectivity index (χ3v) is 4.47. The Morgan fingerprint density at radius 3 is 2.90 bits per heavy atom. The molecular weight excluding hydrogens is 324 g/mol. The Morgan fingerprint density at radius 2 is 1.95 bits per heavy atom. The average Bonchev–Trinajstić information content (AvgIpc) is 2.92. The van der Waals surface area contributed by atoms with Gasteiger partial charge in [-0.15, -0.1) is 0 Å². The van der Waals surface area contributed by atoms with Crippen LogP contribution in [0.1, 0.15) is 5.56 Å². The highest BCUT2D eigenvalue weighted by Gasteiger charge is 2.05. The average molecular weight is 337 g/mol. The van der Waals surface area contributed by atoms with Crippen molar-refractivity contribution in [3.8, 4) is 0 Å². The maximum atomic E-state index is 4.37. The van der Waals surface area contributed by atoms with Crippen LogP contribution < -0.4 is 0 Å². The number of hydrogen-bond acceptors (Lipinski definition) is 1. The molecule has 0 bridgehead atoms. The number of aromatic nitrogens is 2. The Labute approximate surface area is 131 Å². The van der Waals surface area contributed by atoms with Crippen molar-refractivity contribution < 1.29 is 0 Å². The van der Waals surface area contributed by atoms with E-state index in [4.69, 9.17) is 0 Å². The van der Waals surface area contributed by atoms with Crippen LogP contribution in [0.25, 0.3) is 21.8 Å². The molecule has 4 rings (SSSR count). The van der Waals surface area contributed by atoms with E-state index in [9.17, 15) is 0 Å². The minimum Gasteiger partial charge on any atom is -0.343 e. The molecular formula is C18H13BrN2. The fourth-order valence-corrected chi connectivity index (χ4v) is 3.23. The first-order valence-electron chi connectivity index (χ1n) is 6.88. The Balaban J connectivity index is 1.77. The highest BCUT2D eigenvalue weighted by molar-refractivity contribution is 9.10. The van der Waals surface area contributed by atoms with Gasteiger partial charge in [0.15, 0.2) is 0 Å². The number of fused-ring (bicyclic) bond motifs is 2. The number of halogens is 1. The molecule has 2 heterocycles. The summed E-state index contributed by atoms with van der Waals surface area (Å²) in [6, 6.07) is 19.0. The van der Waals surface area contributed by atoms with Crippen molar-refractivity contribution in [2.24, 2.45) is 0 Å². The van der Waals surface area contributed by atoms with Crippen molar-refractivity contribution >= 4 is 37.7 Å². The van der Waals surface area contributed by atoms with Crippen molar-refractivity contribution in [2.45, 2.75) is 6.54 Å². The molecule has 2 nitrogen and oxygen atoms in total. The molecule has 2 aromatic heterocycles. The molecule has 21 heavy (non-hydrogen) atoms. The molecule has 0 aliphatic rings. The van der Waals surface area contributed by atoms with Gasteiger partial charge < -0.3 is 4.57 Å². The van der Waals surface area contributed by atoms with Crippen LogP contribution in [0.5, 0.6) is 0 Å². The Kier molecular flexibility index (Phi) is 3.00. The van der Waals surface area contributed by atoms with Gasteiger partial charge in [0.1, 0.15) is 0 Å². The van der Waals surface area contributed by atoms with Gasteiger partial charge in [0.05, 0.1) is 5.52 Å². The molecule has 102 valence electrons. The van der Waals surface area contributed by atoms with Gasteiger partial charge in [0.2, 0.25) is 0 Å². The first-order valence-corrected chi connectivity index (χ1v) is 7.67. The van der Waals surface area contributed by atoms with Crippen LogP contribution >= 0.6 is 15.9 Å². The SMILES string of the molecule is Brc1cccc2c1ccn2Cc1ccc2ncccc2c1. The van der Waals surface area contributed by atoms with Crippen molar-refractivity contribution in [3.63, 3.8) is 0 Å². The fourth-order valence-electron chi connectivity index (χ4n) is 2.74. The minimum absolute atomic E-state index is 0.866. The monoisotopic (exact) mass is 336 g/mol. The number of rotatable bonds is 2. The second-order valence-corrected chi connectivity index (χ2v) is 6.00. The molecule has 2 aromatic carbocycles. The van der Waals surface area contributed by atoms with Crippen LogP contribution in [0.3, 0.4) is 0 Å². The molecule has 3 heteroatoms. The smallest absolute Gasteiger partial charge is 0.0702 e. The van der Waals surface area contributed by atoms with E-state index in [2.05, 4.69) is 80.2 Å². The van der Waals surface area contributed by atoms with Crippen LogP contribution in [0.2, 0.25) is 0 Å². The van der Waals surface area contributed by atoms with Gasteiger partial charge in [-0.1, -0.05) is 34.1 Å². The van der Waals surface area contributed by atoms with E-state index >= 15 is 0 Å². The van der Waals surface area contributed by atoms with Gasteiger partial charge >= 0.3 is 0 Å². The van der Waals surface area contributed by atoms with Gasteiger partial charge in [-0.25, -0.2) is 0 Å². The van der Waals surface area contributed by atoms with E-state index < -0.39 is 0 Å². The molecule has 0 atom stereocenters.